The van der Waals surface area contributed by atoms with Gasteiger partial charge in [-0.1, -0.05) is 66.7 Å². The molecular weight excluding hydrogens is 318 g/mol. The molecule has 3 aromatic rings. The summed E-state index contributed by atoms with van der Waals surface area (Å²) in [5.41, 5.74) is 0.508. The van der Waals surface area contributed by atoms with Gasteiger partial charge in [0.05, 0.1) is 0 Å². The van der Waals surface area contributed by atoms with Gasteiger partial charge in [0.2, 0.25) is 0 Å². The second kappa shape index (κ2) is 7.49. The Morgan fingerprint density at radius 3 is 2.36 bits per heavy atom. The third-order valence-corrected chi connectivity index (χ3v) is 3.79. The summed E-state index contributed by atoms with van der Waals surface area (Å²) < 4.78 is 5.59. The zero-order valence-electron chi connectivity index (χ0n) is 13.4. The van der Waals surface area contributed by atoms with Crippen molar-refractivity contribution in [1.82, 2.24) is 5.32 Å². The molecule has 1 unspecified atom stereocenters. The lowest BCUT2D eigenvalue weighted by molar-refractivity contribution is -0.142. The number of amides is 1. The molecule has 2 N–H and O–H groups in total. The number of benzene rings is 3. The molecule has 1 atom stereocenters. The van der Waals surface area contributed by atoms with Crippen molar-refractivity contribution in [2.75, 3.05) is 6.61 Å². The molecule has 3 aromatic carbocycles. The molecule has 5 nitrogen and oxygen atoms in total. The summed E-state index contributed by atoms with van der Waals surface area (Å²) in [6, 6.07) is 20.7. The number of aliphatic carboxylic acids is 1. The molecule has 0 fully saturated rings. The first-order valence-corrected chi connectivity index (χ1v) is 7.83. The van der Waals surface area contributed by atoms with Crippen molar-refractivity contribution in [3.63, 3.8) is 0 Å². The van der Waals surface area contributed by atoms with Gasteiger partial charge in [-0.15, -0.1) is 0 Å². The summed E-state index contributed by atoms with van der Waals surface area (Å²) in [7, 11) is 0. The van der Waals surface area contributed by atoms with Crippen LogP contribution < -0.4 is 10.1 Å². The summed E-state index contributed by atoms with van der Waals surface area (Å²) in [4.78, 5) is 23.6. The second-order valence-corrected chi connectivity index (χ2v) is 5.52. The van der Waals surface area contributed by atoms with Gasteiger partial charge in [-0.2, -0.15) is 0 Å². The Morgan fingerprint density at radius 1 is 0.920 bits per heavy atom. The Bertz CT molecular complexity index is 887. The van der Waals surface area contributed by atoms with Crippen LogP contribution in [0.5, 0.6) is 5.75 Å². The lowest BCUT2D eigenvalue weighted by atomic mass is 10.1. The minimum Gasteiger partial charge on any atom is -0.483 e. The fourth-order valence-corrected chi connectivity index (χ4v) is 2.60. The maximum Gasteiger partial charge on any atom is 0.330 e. The smallest absolute Gasteiger partial charge is 0.330 e. The van der Waals surface area contributed by atoms with Crippen LogP contribution in [0, 0.1) is 0 Å². The van der Waals surface area contributed by atoms with Crippen LogP contribution in [-0.4, -0.2) is 23.6 Å². The minimum absolute atomic E-state index is 0.259. The van der Waals surface area contributed by atoms with E-state index in [4.69, 9.17) is 4.74 Å². The average Bonchev–Trinajstić information content (AvgIpc) is 2.65. The van der Waals surface area contributed by atoms with E-state index < -0.39 is 17.9 Å². The van der Waals surface area contributed by atoms with E-state index in [-0.39, 0.29) is 6.61 Å². The van der Waals surface area contributed by atoms with E-state index in [9.17, 15) is 14.7 Å². The zero-order chi connectivity index (χ0) is 17.6. The van der Waals surface area contributed by atoms with Gasteiger partial charge in [-0.3, -0.25) is 4.79 Å². The van der Waals surface area contributed by atoms with E-state index in [0.29, 0.717) is 11.3 Å². The van der Waals surface area contributed by atoms with Crippen molar-refractivity contribution in [1.29, 1.82) is 0 Å². The van der Waals surface area contributed by atoms with Crippen LogP contribution in [-0.2, 0) is 9.59 Å². The third-order valence-electron chi connectivity index (χ3n) is 3.79. The van der Waals surface area contributed by atoms with Crippen molar-refractivity contribution in [3.05, 3.63) is 78.4 Å². The van der Waals surface area contributed by atoms with Crippen molar-refractivity contribution >= 4 is 22.6 Å². The summed E-state index contributed by atoms with van der Waals surface area (Å²) in [6.45, 7) is -0.259. The molecule has 0 aliphatic heterocycles. The summed E-state index contributed by atoms with van der Waals surface area (Å²) in [6.07, 6.45) is 0. The summed E-state index contributed by atoms with van der Waals surface area (Å²) in [5, 5.41) is 13.7. The first-order valence-electron chi connectivity index (χ1n) is 7.83. The molecule has 0 saturated heterocycles. The monoisotopic (exact) mass is 335 g/mol. The maximum absolute atomic E-state index is 12.1. The third kappa shape index (κ3) is 3.95. The van der Waals surface area contributed by atoms with Gasteiger partial charge in [0.1, 0.15) is 5.75 Å². The number of nitrogens with one attached hydrogen (secondary N) is 1. The van der Waals surface area contributed by atoms with Gasteiger partial charge < -0.3 is 15.2 Å². The van der Waals surface area contributed by atoms with Crippen LogP contribution in [0.3, 0.4) is 0 Å². The van der Waals surface area contributed by atoms with Crippen molar-refractivity contribution in [2.45, 2.75) is 6.04 Å². The first-order chi connectivity index (χ1) is 12.1. The molecule has 0 saturated carbocycles. The molecule has 1 amide bonds. The normalized spacial score (nSPS) is 11.7. The van der Waals surface area contributed by atoms with E-state index in [1.54, 1.807) is 36.4 Å². The first kappa shape index (κ1) is 16.5. The van der Waals surface area contributed by atoms with Crippen LogP contribution in [0.4, 0.5) is 0 Å². The predicted molar refractivity (Wildman–Crippen MR) is 94.4 cm³/mol. The quantitative estimate of drug-likeness (QED) is 0.725. The molecular formula is C20H17NO4. The summed E-state index contributed by atoms with van der Waals surface area (Å²) in [5.74, 6) is -1.03. The lowest BCUT2D eigenvalue weighted by Gasteiger charge is -2.15. The fourth-order valence-electron chi connectivity index (χ4n) is 2.60. The van der Waals surface area contributed by atoms with Crippen molar-refractivity contribution in [3.8, 4) is 5.75 Å². The van der Waals surface area contributed by atoms with E-state index >= 15 is 0 Å². The van der Waals surface area contributed by atoms with Gasteiger partial charge in [-0.25, -0.2) is 4.79 Å². The van der Waals surface area contributed by atoms with Crippen LogP contribution in [0.25, 0.3) is 10.8 Å². The molecule has 0 heterocycles. The molecule has 0 radical (unpaired) electrons. The number of rotatable bonds is 6. The molecule has 3 rings (SSSR count). The largest absolute Gasteiger partial charge is 0.483 e. The number of carbonyl (C=O) groups is 2. The van der Waals surface area contributed by atoms with Gasteiger partial charge in [-0.05, 0) is 17.0 Å². The number of hydrogen-bond acceptors (Lipinski definition) is 3. The highest BCUT2D eigenvalue weighted by atomic mass is 16.5. The number of carbonyl (C=O) groups excluding carboxylic acids is 1. The van der Waals surface area contributed by atoms with E-state index in [2.05, 4.69) is 5.32 Å². The molecule has 0 aliphatic carbocycles. The molecule has 126 valence electrons. The Hall–Kier alpha value is -3.34. The van der Waals surface area contributed by atoms with E-state index in [0.717, 1.165) is 10.8 Å². The Balaban J connectivity index is 1.68. The number of ether oxygens (including phenoxy) is 1. The molecule has 25 heavy (non-hydrogen) atoms. The number of carboxylic acid groups (broad SMARTS) is 1. The van der Waals surface area contributed by atoms with Gasteiger partial charge in [0, 0.05) is 5.39 Å². The Kier molecular flexibility index (Phi) is 4.95. The highest BCUT2D eigenvalue weighted by Gasteiger charge is 2.22. The van der Waals surface area contributed by atoms with Crippen LogP contribution >= 0.6 is 0 Å². The molecule has 0 aliphatic rings. The van der Waals surface area contributed by atoms with Crippen LogP contribution in [0.2, 0.25) is 0 Å². The van der Waals surface area contributed by atoms with Gasteiger partial charge in [0.25, 0.3) is 5.91 Å². The Morgan fingerprint density at radius 2 is 1.60 bits per heavy atom. The lowest BCUT2D eigenvalue weighted by Crippen LogP contribution is -2.36. The van der Waals surface area contributed by atoms with Crippen molar-refractivity contribution < 1.29 is 19.4 Å². The minimum atomic E-state index is -1.12. The fraction of sp³-hybridized carbons (Fsp3) is 0.100. The predicted octanol–water partition coefficient (Wildman–Crippen LogP) is 3.16. The molecule has 0 spiro atoms. The number of fused-ring (bicyclic) bond motifs is 1. The molecule has 0 bridgehead atoms. The maximum atomic E-state index is 12.1. The van der Waals surface area contributed by atoms with Crippen LogP contribution in [0.1, 0.15) is 11.6 Å². The standard InChI is InChI=1S/C20H17NO4/c22-18(21-19(20(23)24)15-8-2-1-3-9-15)13-25-17-12-6-10-14-7-4-5-11-16(14)17/h1-12,19H,13H2,(H,21,22)(H,23,24). The summed E-state index contributed by atoms with van der Waals surface area (Å²) >= 11 is 0. The van der Waals surface area contributed by atoms with E-state index in [1.807, 2.05) is 36.4 Å². The number of hydrogen-bond donors (Lipinski definition) is 2. The van der Waals surface area contributed by atoms with Crippen molar-refractivity contribution in [2.24, 2.45) is 0 Å². The average molecular weight is 335 g/mol. The SMILES string of the molecule is O=C(COc1cccc2ccccc12)NC(C(=O)O)c1ccccc1. The highest BCUT2D eigenvalue weighted by molar-refractivity contribution is 5.89. The molecule has 5 heteroatoms. The second-order valence-electron chi connectivity index (χ2n) is 5.52. The van der Waals surface area contributed by atoms with E-state index in [1.165, 1.54) is 0 Å². The zero-order valence-corrected chi connectivity index (χ0v) is 13.4. The van der Waals surface area contributed by atoms with Gasteiger partial charge in [0.15, 0.2) is 12.6 Å². The number of carboxylic acids is 1. The highest BCUT2D eigenvalue weighted by Crippen LogP contribution is 2.25. The van der Waals surface area contributed by atoms with Gasteiger partial charge >= 0.3 is 5.97 Å². The van der Waals surface area contributed by atoms with Crippen LogP contribution in [0.15, 0.2) is 72.8 Å². The Labute approximate surface area is 144 Å². The topological polar surface area (TPSA) is 75.6 Å². The molecule has 0 aromatic heterocycles.